The predicted octanol–water partition coefficient (Wildman–Crippen LogP) is 2.84. The molecule has 0 radical (unpaired) electrons. The number of hydrogen-bond donors (Lipinski definition) is 2. The molecule has 0 aromatic heterocycles. The van der Waals surface area contributed by atoms with Gasteiger partial charge >= 0.3 is 6.18 Å². The van der Waals surface area contributed by atoms with E-state index < -0.39 is 18.0 Å². The Labute approximate surface area is 118 Å². The average molecular weight is 294 g/mol. The van der Waals surface area contributed by atoms with Crippen LogP contribution in [0.3, 0.4) is 0 Å². The Morgan fingerprint density at radius 1 is 1.30 bits per heavy atom. The Morgan fingerprint density at radius 3 is 2.35 bits per heavy atom. The quantitative estimate of drug-likeness (QED) is 0.841. The van der Waals surface area contributed by atoms with Crippen LogP contribution in [0, 0.1) is 17.3 Å². The molecule has 0 spiro atoms. The number of alkyl halides is 3. The molecule has 0 saturated heterocycles. The molecule has 3 unspecified atom stereocenters. The highest BCUT2D eigenvalue weighted by Gasteiger charge is 2.43. The molecule has 3 atom stereocenters. The number of halogens is 3. The molecule has 1 rings (SSSR count). The second-order valence-corrected chi connectivity index (χ2v) is 6.76. The molecule has 3 nitrogen and oxygen atoms in total. The summed E-state index contributed by atoms with van der Waals surface area (Å²) in [5, 5.41) is 2.82. The molecule has 0 heterocycles. The third kappa shape index (κ3) is 4.65. The maximum atomic E-state index is 12.7. The fraction of sp³-hybridized carbons (Fsp3) is 0.929. The SMILES string of the molecule is CC(C)(C)C(CN)NC(=O)C1CCCC(C(F)(F)F)C1. The van der Waals surface area contributed by atoms with Gasteiger partial charge in [0.05, 0.1) is 5.92 Å². The van der Waals surface area contributed by atoms with Gasteiger partial charge in [0.2, 0.25) is 5.91 Å². The normalized spacial score (nSPS) is 26.1. The topological polar surface area (TPSA) is 55.1 Å². The van der Waals surface area contributed by atoms with E-state index in [2.05, 4.69) is 5.32 Å². The summed E-state index contributed by atoms with van der Waals surface area (Å²) in [4.78, 5) is 12.2. The Hall–Kier alpha value is -0.780. The van der Waals surface area contributed by atoms with Crippen LogP contribution in [0.5, 0.6) is 0 Å². The lowest BCUT2D eigenvalue weighted by molar-refractivity contribution is -0.186. The summed E-state index contributed by atoms with van der Waals surface area (Å²) in [5.41, 5.74) is 5.43. The minimum absolute atomic E-state index is 0.100. The van der Waals surface area contributed by atoms with Gasteiger partial charge in [0.15, 0.2) is 0 Å². The van der Waals surface area contributed by atoms with Crippen LogP contribution in [0.4, 0.5) is 13.2 Å². The van der Waals surface area contributed by atoms with Crippen LogP contribution >= 0.6 is 0 Å². The Morgan fingerprint density at radius 2 is 1.90 bits per heavy atom. The van der Waals surface area contributed by atoms with Gasteiger partial charge in [0.1, 0.15) is 0 Å². The maximum absolute atomic E-state index is 12.7. The number of nitrogens with one attached hydrogen (secondary N) is 1. The zero-order chi connectivity index (χ0) is 15.6. The van der Waals surface area contributed by atoms with Crippen molar-refractivity contribution < 1.29 is 18.0 Å². The van der Waals surface area contributed by atoms with Crippen LogP contribution < -0.4 is 11.1 Å². The van der Waals surface area contributed by atoms with Crippen molar-refractivity contribution in [1.29, 1.82) is 0 Å². The summed E-state index contributed by atoms with van der Waals surface area (Å²) in [7, 11) is 0. The van der Waals surface area contributed by atoms with Crippen LogP contribution in [-0.2, 0) is 4.79 Å². The van der Waals surface area contributed by atoms with E-state index in [1.807, 2.05) is 20.8 Å². The summed E-state index contributed by atoms with van der Waals surface area (Å²) in [6.45, 7) is 6.13. The Kier molecular flexibility index (Phi) is 5.46. The van der Waals surface area contributed by atoms with Crippen LogP contribution in [0.25, 0.3) is 0 Å². The lowest BCUT2D eigenvalue weighted by atomic mass is 9.79. The van der Waals surface area contributed by atoms with E-state index in [0.29, 0.717) is 12.8 Å². The van der Waals surface area contributed by atoms with Gasteiger partial charge in [-0.15, -0.1) is 0 Å². The van der Waals surface area contributed by atoms with Gasteiger partial charge in [-0.1, -0.05) is 27.2 Å². The molecule has 0 aliphatic heterocycles. The third-order valence-corrected chi connectivity index (χ3v) is 4.11. The molecule has 1 aliphatic carbocycles. The van der Waals surface area contributed by atoms with Crippen molar-refractivity contribution in [3.05, 3.63) is 0 Å². The maximum Gasteiger partial charge on any atom is 0.391 e. The molecule has 1 fully saturated rings. The molecular formula is C14H25F3N2O. The van der Waals surface area contributed by atoms with E-state index >= 15 is 0 Å². The zero-order valence-corrected chi connectivity index (χ0v) is 12.4. The average Bonchev–Trinajstić information content (AvgIpc) is 2.33. The highest BCUT2D eigenvalue weighted by Crippen LogP contribution is 2.40. The van der Waals surface area contributed by atoms with E-state index in [1.54, 1.807) is 0 Å². The molecule has 1 amide bonds. The fourth-order valence-corrected chi connectivity index (χ4v) is 2.64. The second kappa shape index (κ2) is 6.33. The predicted molar refractivity (Wildman–Crippen MR) is 71.9 cm³/mol. The minimum Gasteiger partial charge on any atom is -0.351 e. The first-order chi connectivity index (χ1) is 9.05. The van der Waals surface area contributed by atoms with Gasteiger partial charge in [0.25, 0.3) is 0 Å². The van der Waals surface area contributed by atoms with Gasteiger partial charge in [-0.2, -0.15) is 13.2 Å². The zero-order valence-electron chi connectivity index (χ0n) is 12.4. The first-order valence-electron chi connectivity index (χ1n) is 7.13. The smallest absolute Gasteiger partial charge is 0.351 e. The number of hydrogen-bond acceptors (Lipinski definition) is 2. The van der Waals surface area contributed by atoms with Gasteiger partial charge in [-0.3, -0.25) is 4.79 Å². The lowest BCUT2D eigenvalue weighted by Crippen LogP contribution is -2.50. The summed E-state index contributed by atoms with van der Waals surface area (Å²) in [5.74, 6) is -2.19. The molecule has 20 heavy (non-hydrogen) atoms. The van der Waals surface area contributed by atoms with E-state index in [-0.39, 0.29) is 36.8 Å². The molecule has 6 heteroatoms. The van der Waals surface area contributed by atoms with Crippen molar-refractivity contribution in [3.8, 4) is 0 Å². The van der Waals surface area contributed by atoms with E-state index in [1.165, 1.54) is 0 Å². The molecule has 0 aromatic rings. The van der Waals surface area contributed by atoms with Crippen LogP contribution in [-0.4, -0.2) is 24.7 Å². The Balaban J connectivity index is 2.63. The third-order valence-electron chi connectivity index (χ3n) is 4.11. The van der Waals surface area contributed by atoms with E-state index in [9.17, 15) is 18.0 Å². The lowest BCUT2D eigenvalue weighted by Gasteiger charge is -2.34. The first kappa shape index (κ1) is 17.3. The van der Waals surface area contributed by atoms with Crippen LogP contribution in [0.2, 0.25) is 0 Å². The molecule has 118 valence electrons. The molecule has 0 aromatic carbocycles. The van der Waals surface area contributed by atoms with Crippen molar-refractivity contribution in [2.75, 3.05) is 6.54 Å². The van der Waals surface area contributed by atoms with Crippen molar-refractivity contribution >= 4 is 5.91 Å². The summed E-state index contributed by atoms with van der Waals surface area (Å²) < 4.78 is 38.2. The highest BCUT2D eigenvalue weighted by atomic mass is 19.4. The molecule has 3 N–H and O–H groups in total. The monoisotopic (exact) mass is 294 g/mol. The first-order valence-corrected chi connectivity index (χ1v) is 7.13. The van der Waals surface area contributed by atoms with E-state index in [4.69, 9.17) is 5.73 Å². The van der Waals surface area contributed by atoms with Crippen molar-refractivity contribution in [3.63, 3.8) is 0 Å². The van der Waals surface area contributed by atoms with Crippen LogP contribution in [0.1, 0.15) is 46.5 Å². The van der Waals surface area contributed by atoms with Gasteiger partial charge in [0, 0.05) is 18.5 Å². The molecule has 1 aliphatic rings. The molecule has 1 saturated carbocycles. The molecular weight excluding hydrogens is 269 g/mol. The fourth-order valence-electron chi connectivity index (χ4n) is 2.64. The minimum atomic E-state index is -4.20. The van der Waals surface area contributed by atoms with Crippen molar-refractivity contribution in [1.82, 2.24) is 5.32 Å². The van der Waals surface area contributed by atoms with Gasteiger partial charge in [-0.05, 0) is 24.7 Å². The summed E-state index contributed by atoms with van der Waals surface area (Å²) in [6, 6.07) is -0.221. The Bertz CT molecular complexity index is 336. The highest BCUT2D eigenvalue weighted by molar-refractivity contribution is 5.79. The largest absolute Gasteiger partial charge is 0.391 e. The number of amides is 1. The second-order valence-electron chi connectivity index (χ2n) is 6.76. The standard InChI is InChI=1S/C14H25F3N2O/c1-13(2,3)11(8-18)19-12(20)9-5-4-6-10(7-9)14(15,16)17/h9-11H,4-8,18H2,1-3H3,(H,19,20). The number of carbonyl (C=O) groups excluding carboxylic acids is 1. The van der Waals surface area contributed by atoms with E-state index in [0.717, 1.165) is 0 Å². The number of rotatable bonds is 3. The van der Waals surface area contributed by atoms with Crippen molar-refractivity contribution in [2.45, 2.75) is 58.7 Å². The summed E-state index contributed by atoms with van der Waals surface area (Å²) in [6.07, 6.45) is -3.19. The number of nitrogens with two attached hydrogens (primary N) is 1. The van der Waals surface area contributed by atoms with Gasteiger partial charge in [-0.25, -0.2) is 0 Å². The summed E-state index contributed by atoms with van der Waals surface area (Å²) >= 11 is 0. The number of carbonyl (C=O) groups is 1. The molecule has 0 bridgehead atoms. The van der Waals surface area contributed by atoms with Crippen molar-refractivity contribution in [2.24, 2.45) is 23.0 Å². The van der Waals surface area contributed by atoms with Gasteiger partial charge < -0.3 is 11.1 Å². The van der Waals surface area contributed by atoms with Crippen LogP contribution in [0.15, 0.2) is 0 Å².